The lowest BCUT2D eigenvalue weighted by Crippen LogP contribution is -2.33. The van der Waals surface area contributed by atoms with Gasteiger partial charge in [0, 0.05) is 45.4 Å². The minimum absolute atomic E-state index is 0.145. The topological polar surface area (TPSA) is 56.9 Å². The molecule has 1 saturated heterocycles. The molecule has 2 atom stereocenters. The van der Waals surface area contributed by atoms with Gasteiger partial charge in [0.15, 0.2) is 0 Å². The lowest BCUT2D eigenvalue weighted by Gasteiger charge is -2.32. The fourth-order valence-corrected chi connectivity index (χ4v) is 3.43. The van der Waals surface area contributed by atoms with Crippen molar-refractivity contribution in [2.75, 3.05) is 13.2 Å². The number of rotatable bonds is 6. The standard InChI is InChI=1S/C17H27N5O/c1-4-22-15(7-8-19-22)17-14(6-5-9-23-17)11-18-12-16-13(2)10-20-21(16)3/h7-8,10,14,17-18H,4-6,9,11-12H2,1-3H3/t14-,17+/m0/s1. The van der Waals surface area contributed by atoms with Crippen LogP contribution in [0.1, 0.15) is 42.8 Å². The Labute approximate surface area is 137 Å². The SMILES string of the molecule is CCn1nccc1[C@@H]1OCCC[C@H]1CNCc1c(C)cnn1C. The second kappa shape index (κ2) is 7.27. The summed E-state index contributed by atoms with van der Waals surface area (Å²) in [5.41, 5.74) is 3.69. The Kier molecular flexibility index (Phi) is 5.13. The van der Waals surface area contributed by atoms with E-state index in [9.17, 15) is 0 Å². The van der Waals surface area contributed by atoms with Crippen LogP contribution in [0.25, 0.3) is 0 Å². The number of aromatic nitrogens is 4. The number of nitrogens with zero attached hydrogens (tertiary/aromatic N) is 4. The molecular formula is C17H27N5O. The van der Waals surface area contributed by atoms with Crippen molar-refractivity contribution in [2.45, 2.75) is 45.9 Å². The largest absolute Gasteiger partial charge is 0.372 e. The van der Waals surface area contributed by atoms with E-state index in [2.05, 4.69) is 35.4 Å². The molecule has 2 aromatic rings. The van der Waals surface area contributed by atoms with Crippen LogP contribution in [0.5, 0.6) is 0 Å². The van der Waals surface area contributed by atoms with Gasteiger partial charge >= 0.3 is 0 Å². The van der Waals surface area contributed by atoms with E-state index in [1.807, 2.05) is 28.8 Å². The monoisotopic (exact) mass is 317 g/mol. The average molecular weight is 317 g/mol. The molecule has 6 nitrogen and oxygen atoms in total. The molecule has 2 aromatic heterocycles. The normalized spacial score (nSPS) is 21.7. The molecular weight excluding hydrogens is 290 g/mol. The first-order valence-corrected chi connectivity index (χ1v) is 8.52. The summed E-state index contributed by atoms with van der Waals surface area (Å²) in [6.07, 6.45) is 6.26. The maximum Gasteiger partial charge on any atom is 0.103 e. The fraction of sp³-hybridized carbons (Fsp3) is 0.647. The Morgan fingerprint density at radius 3 is 3.00 bits per heavy atom. The minimum atomic E-state index is 0.145. The molecule has 0 saturated carbocycles. The first kappa shape index (κ1) is 16.2. The van der Waals surface area contributed by atoms with Gasteiger partial charge in [0.1, 0.15) is 6.10 Å². The molecule has 0 amide bonds. The van der Waals surface area contributed by atoms with Crippen LogP contribution in [-0.2, 0) is 24.9 Å². The zero-order valence-electron chi connectivity index (χ0n) is 14.3. The van der Waals surface area contributed by atoms with Crippen molar-refractivity contribution < 1.29 is 4.74 Å². The molecule has 0 spiro atoms. The van der Waals surface area contributed by atoms with Crippen molar-refractivity contribution in [1.29, 1.82) is 0 Å². The van der Waals surface area contributed by atoms with Crippen LogP contribution in [0.15, 0.2) is 18.5 Å². The molecule has 23 heavy (non-hydrogen) atoms. The van der Waals surface area contributed by atoms with Gasteiger partial charge in [-0.2, -0.15) is 10.2 Å². The van der Waals surface area contributed by atoms with Crippen molar-refractivity contribution in [3.05, 3.63) is 35.4 Å². The van der Waals surface area contributed by atoms with E-state index >= 15 is 0 Å². The number of hydrogen-bond donors (Lipinski definition) is 1. The van der Waals surface area contributed by atoms with Gasteiger partial charge in [0.25, 0.3) is 0 Å². The minimum Gasteiger partial charge on any atom is -0.372 e. The summed E-state index contributed by atoms with van der Waals surface area (Å²) < 4.78 is 10.1. The molecule has 0 radical (unpaired) electrons. The van der Waals surface area contributed by atoms with Crippen LogP contribution in [0.4, 0.5) is 0 Å². The first-order chi connectivity index (χ1) is 11.2. The molecule has 1 aliphatic rings. The van der Waals surface area contributed by atoms with E-state index in [1.54, 1.807) is 0 Å². The summed E-state index contributed by atoms with van der Waals surface area (Å²) in [7, 11) is 2.00. The lowest BCUT2D eigenvalue weighted by atomic mass is 9.92. The van der Waals surface area contributed by atoms with Gasteiger partial charge in [-0.15, -0.1) is 0 Å². The van der Waals surface area contributed by atoms with Crippen molar-refractivity contribution in [3.8, 4) is 0 Å². The van der Waals surface area contributed by atoms with Gasteiger partial charge in [-0.1, -0.05) is 0 Å². The first-order valence-electron chi connectivity index (χ1n) is 8.52. The Bertz CT molecular complexity index is 613. The fourth-order valence-electron chi connectivity index (χ4n) is 3.43. The van der Waals surface area contributed by atoms with Crippen LogP contribution in [0.2, 0.25) is 0 Å². The summed E-state index contributed by atoms with van der Waals surface area (Å²) in [5, 5.41) is 12.3. The summed E-state index contributed by atoms with van der Waals surface area (Å²) >= 11 is 0. The van der Waals surface area contributed by atoms with Gasteiger partial charge in [0.2, 0.25) is 0 Å². The Morgan fingerprint density at radius 1 is 1.39 bits per heavy atom. The zero-order valence-corrected chi connectivity index (χ0v) is 14.3. The number of aryl methyl sites for hydroxylation is 3. The van der Waals surface area contributed by atoms with Crippen molar-refractivity contribution in [3.63, 3.8) is 0 Å². The van der Waals surface area contributed by atoms with Crippen LogP contribution in [0.3, 0.4) is 0 Å². The highest BCUT2D eigenvalue weighted by molar-refractivity contribution is 5.15. The van der Waals surface area contributed by atoms with Gasteiger partial charge in [0.05, 0.1) is 17.6 Å². The highest BCUT2D eigenvalue weighted by Crippen LogP contribution is 2.33. The maximum absolute atomic E-state index is 6.09. The van der Waals surface area contributed by atoms with Gasteiger partial charge < -0.3 is 10.1 Å². The summed E-state index contributed by atoms with van der Waals surface area (Å²) in [6, 6.07) is 2.09. The third kappa shape index (κ3) is 3.48. The van der Waals surface area contributed by atoms with E-state index in [-0.39, 0.29) is 6.10 Å². The average Bonchev–Trinajstić information content (AvgIpc) is 3.16. The van der Waals surface area contributed by atoms with Crippen molar-refractivity contribution in [2.24, 2.45) is 13.0 Å². The molecule has 3 rings (SSSR count). The summed E-state index contributed by atoms with van der Waals surface area (Å²) in [6.45, 7) is 7.75. The summed E-state index contributed by atoms with van der Waals surface area (Å²) in [5.74, 6) is 0.485. The Morgan fingerprint density at radius 2 is 2.26 bits per heavy atom. The second-order valence-corrected chi connectivity index (χ2v) is 6.29. The summed E-state index contributed by atoms with van der Waals surface area (Å²) in [4.78, 5) is 0. The van der Waals surface area contributed by atoms with Crippen LogP contribution >= 0.6 is 0 Å². The molecule has 1 aliphatic heterocycles. The molecule has 0 aliphatic carbocycles. The molecule has 6 heteroatoms. The number of nitrogens with one attached hydrogen (secondary N) is 1. The van der Waals surface area contributed by atoms with Gasteiger partial charge in [-0.25, -0.2) is 0 Å². The Hall–Kier alpha value is -1.66. The molecule has 0 bridgehead atoms. The maximum atomic E-state index is 6.09. The third-order valence-corrected chi connectivity index (χ3v) is 4.75. The van der Waals surface area contributed by atoms with Gasteiger partial charge in [-0.05, 0) is 38.3 Å². The van der Waals surface area contributed by atoms with E-state index in [4.69, 9.17) is 4.74 Å². The van der Waals surface area contributed by atoms with E-state index < -0.39 is 0 Å². The van der Waals surface area contributed by atoms with E-state index in [1.165, 1.54) is 23.4 Å². The third-order valence-electron chi connectivity index (χ3n) is 4.75. The van der Waals surface area contributed by atoms with E-state index in [0.29, 0.717) is 5.92 Å². The van der Waals surface area contributed by atoms with Crippen LogP contribution in [0, 0.1) is 12.8 Å². The van der Waals surface area contributed by atoms with E-state index in [0.717, 1.165) is 32.7 Å². The highest BCUT2D eigenvalue weighted by Gasteiger charge is 2.29. The predicted octanol–water partition coefficient (Wildman–Crippen LogP) is 2.20. The molecule has 0 unspecified atom stereocenters. The smallest absolute Gasteiger partial charge is 0.103 e. The zero-order chi connectivity index (χ0) is 16.2. The predicted molar refractivity (Wildman–Crippen MR) is 89.0 cm³/mol. The Balaban J connectivity index is 1.63. The number of hydrogen-bond acceptors (Lipinski definition) is 4. The van der Waals surface area contributed by atoms with Crippen LogP contribution < -0.4 is 5.32 Å². The molecule has 3 heterocycles. The molecule has 1 N–H and O–H groups in total. The van der Waals surface area contributed by atoms with Gasteiger partial charge in [-0.3, -0.25) is 9.36 Å². The highest BCUT2D eigenvalue weighted by atomic mass is 16.5. The second-order valence-electron chi connectivity index (χ2n) is 6.29. The molecule has 126 valence electrons. The van der Waals surface area contributed by atoms with Crippen molar-refractivity contribution in [1.82, 2.24) is 24.9 Å². The number of ether oxygens (including phenoxy) is 1. The van der Waals surface area contributed by atoms with Crippen LogP contribution in [-0.4, -0.2) is 32.7 Å². The lowest BCUT2D eigenvalue weighted by molar-refractivity contribution is -0.0328. The van der Waals surface area contributed by atoms with Crippen molar-refractivity contribution >= 4 is 0 Å². The quantitative estimate of drug-likeness (QED) is 0.887. The molecule has 1 fully saturated rings. The molecule has 0 aromatic carbocycles.